The number of nitrogens with zero attached hydrogens (tertiary/aromatic N) is 2. The number of nitrogens with one attached hydrogen (secondary N) is 1. The predicted molar refractivity (Wildman–Crippen MR) is 72.6 cm³/mol. The first kappa shape index (κ1) is 13.2. The van der Waals surface area contributed by atoms with Crippen molar-refractivity contribution in [2.75, 3.05) is 11.1 Å². The summed E-state index contributed by atoms with van der Waals surface area (Å²) in [7, 11) is 0. The van der Waals surface area contributed by atoms with E-state index in [9.17, 15) is 14.9 Å². The Hall–Kier alpha value is -2.19. The molecule has 0 saturated heterocycles. The molecule has 3 N–H and O–H groups in total. The Balaban J connectivity index is 2.20. The number of hydrogen-bond donors (Lipinski definition) is 2. The molecule has 1 heterocycles. The summed E-state index contributed by atoms with van der Waals surface area (Å²) in [5.41, 5.74) is 6.10. The Morgan fingerprint density at radius 2 is 2.26 bits per heavy atom. The number of aromatic nitrogens is 1. The molecule has 1 aromatic heterocycles. The fourth-order valence-corrected chi connectivity index (χ4v) is 2.10. The van der Waals surface area contributed by atoms with Crippen molar-refractivity contribution in [3.63, 3.8) is 0 Å². The van der Waals surface area contributed by atoms with Crippen molar-refractivity contribution >= 4 is 44.7 Å². The minimum Gasteiger partial charge on any atom is -0.398 e. The fourth-order valence-electron chi connectivity index (χ4n) is 1.30. The SMILES string of the molecule is Nc1ccc(Cl)cc1C(=O)Nc1ncc([N+](=O)[O-])s1. The number of nitrogens with two attached hydrogens (primary N) is 1. The van der Waals surface area contributed by atoms with Gasteiger partial charge in [-0.3, -0.25) is 20.2 Å². The first-order valence-corrected chi connectivity index (χ1v) is 6.13. The third kappa shape index (κ3) is 2.98. The van der Waals surface area contributed by atoms with E-state index >= 15 is 0 Å². The quantitative estimate of drug-likeness (QED) is 0.514. The number of halogens is 1. The van der Waals surface area contributed by atoms with E-state index in [0.29, 0.717) is 5.02 Å². The number of carbonyl (C=O) groups is 1. The number of nitrogen functional groups attached to an aromatic ring is 1. The molecule has 2 aromatic rings. The van der Waals surface area contributed by atoms with Crippen molar-refractivity contribution in [1.82, 2.24) is 4.98 Å². The van der Waals surface area contributed by atoms with Crippen LogP contribution in [0.5, 0.6) is 0 Å². The third-order valence-corrected chi connectivity index (χ3v) is 3.25. The lowest BCUT2D eigenvalue weighted by Gasteiger charge is -2.05. The van der Waals surface area contributed by atoms with Crippen LogP contribution in [-0.4, -0.2) is 15.8 Å². The highest BCUT2D eigenvalue weighted by atomic mass is 35.5. The van der Waals surface area contributed by atoms with Crippen molar-refractivity contribution in [1.29, 1.82) is 0 Å². The lowest BCUT2D eigenvalue weighted by molar-refractivity contribution is -0.380. The maximum Gasteiger partial charge on any atom is 0.345 e. The Bertz CT molecular complexity index is 658. The van der Waals surface area contributed by atoms with Crippen LogP contribution < -0.4 is 11.1 Å². The van der Waals surface area contributed by atoms with Crippen LogP contribution in [-0.2, 0) is 0 Å². The van der Waals surface area contributed by atoms with Gasteiger partial charge in [-0.2, -0.15) is 0 Å². The lowest BCUT2D eigenvalue weighted by atomic mass is 10.2. The van der Waals surface area contributed by atoms with E-state index in [-0.39, 0.29) is 21.4 Å². The molecule has 0 aliphatic rings. The van der Waals surface area contributed by atoms with E-state index in [4.69, 9.17) is 17.3 Å². The highest BCUT2D eigenvalue weighted by molar-refractivity contribution is 7.18. The van der Waals surface area contributed by atoms with E-state index in [1.54, 1.807) is 6.07 Å². The standard InChI is InChI=1S/C10H7ClN4O3S/c11-5-1-2-7(12)6(3-5)9(16)14-10-13-4-8(19-10)15(17)18/h1-4H,12H2,(H,13,14,16). The van der Waals surface area contributed by atoms with Gasteiger partial charge in [-0.05, 0) is 29.5 Å². The molecule has 0 aliphatic carbocycles. The number of carbonyl (C=O) groups excluding carboxylic acids is 1. The summed E-state index contributed by atoms with van der Waals surface area (Å²) >= 11 is 6.53. The first-order chi connectivity index (χ1) is 8.97. The predicted octanol–water partition coefficient (Wildman–Crippen LogP) is 2.54. The molecule has 0 unspecified atom stereocenters. The van der Waals surface area contributed by atoms with Gasteiger partial charge < -0.3 is 5.73 Å². The van der Waals surface area contributed by atoms with Gasteiger partial charge in [0.05, 0.1) is 10.5 Å². The summed E-state index contributed by atoms with van der Waals surface area (Å²) in [5.74, 6) is -0.524. The highest BCUT2D eigenvalue weighted by Crippen LogP contribution is 2.26. The highest BCUT2D eigenvalue weighted by Gasteiger charge is 2.16. The third-order valence-electron chi connectivity index (χ3n) is 2.15. The van der Waals surface area contributed by atoms with Gasteiger partial charge in [0.1, 0.15) is 6.20 Å². The smallest absolute Gasteiger partial charge is 0.345 e. The minimum absolute atomic E-state index is 0.121. The summed E-state index contributed by atoms with van der Waals surface area (Å²) in [4.78, 5) is 25.6. The van der Waals surface area contributed by atoms with E-state index < -0.39 is 10.8 Å². The van der Waals surface area contributed by atoms with Gasteiger partial charge in [-0.1, -0.05) is 11.6 Å². The summed E-state index contributed by atoms with van der Waals surface area (Å²) in [6.45, 7) is 0. The topological polar surface area (TPSA) is 111 Å². The Kier molecular flexibility index (Phi) is 3.63. The van der Waals surface area contributed by atoms with Gasteiger partial charge in [0.15, 0.2) is 5.13 Å². The van der Waals surface area contributed by atoms with Gasteiger partial charge >= 0.3 is 5.00 Å². The van der Waals surface area contributed by atoms with Crippen LogP contribution in [0.1, 0.15) is 10.4 Å². The molecule has 0 radical (unpaired) electrons. The molecular weight excluding hydrogens is 292 g/mol. The number of rotatable bonds is 3. The number of benzene rings is 1. The molecule has 0 aliphatic heterocycles. The average molecular weight is 299 g/mol. The summed E-state index contributed by atoms with van der Waals surface area (Å²) in [6, 6.07) is 4.47. The van der Waals surface area contributed by atoms with Gasteiger partial charge in [0.25, 0.3) is 5.91 Å². The van der Waals surface area contributed by atoms with E-state index in [0.717, 1.165) is 17.5 Å². The van der Waals surface area contributed by atoms with Crippen LogP contribution in [0.2, 0.25) is 5.02 Å². The van der Waals surface area contributed by atoms with Crippen LogP contribution in [0.15, 0.2) is 24.4 Å². The molecule has 2 rings (SSSR count). The van der Waals surface area contributed by atoms with Gasteiger partial charge in [-0.25, -0.2) is 4.98 Å². The van der Waals surface area contributed by atoms with E-state index in [1.165, 1.54) is 12.1 Å². The molecule has 1 amide bonds. The zero-order chi connectivity index (χ0) is 14.0. The minimum atomic E-state index is -0.582. The molecule has 0 fully saturated rings. The van der Waals surface area contributed by atoms with Crippen molar-refractivity contribution in [2.45, 2.75) is 0 Å². The molecule has 7 nitrogen and oxygen atoms in total. The second-order valence-electron chi connectivity index (χ2n) is 3.45. The monoisotopic (exact) mass is 298 g/mol. The molecule has 1 aromatic carbocycles. The molecule has 98 valence electrons. The van der Waals surface area contributed by atoms with Gasteiger partial charge in [0.2, 0.25) is 0 Å². The zero-order valence-corrected chi connectivity index (χ0v) is 10.9. The molecule has 19 heavy (non-hydrogen) atoms. The van der Waals surface area contributed by atoms with Crippen molar-refractivity contribution < 1.29 is 9.72 Å². The zero-order valence-electron chi connectivity index (χ0n) is 9.29. The second kappa shape index (κ2) is 5.21. The van der Waals surface area contributed by atoms with Crippen LogP contribution in [0.4, 0.5) is 15.8 Å². The van der Waals surface area contributed by atoms with Gasteiger partial charge in [0, 0.05) is 10.7 Å². The molecule has 0 spiro atoms. The van der Waals surface area contributed by atoms with Crippen molar-refractivity contribution in [2.24, 2.45) is 0 Å². The van der Waals surface area contributed by atoms with E-state index in [2.05, 4.69) is 10.3 Å². The van der Waals surface area contributed by atoms with Gasteiger partial charge in [-0.15, -0.1) is 0 Å². The number of hydrogen-bond acceptors (Lipinski definition) is 6. The normalized spacial score (nSPS) is 10.2. The molecule has 9 heteroatoms. The maximum absolute atomic E-state index is 11.9. The number of thiazole rings is 1. The lowest BCUT2D eigenvalue weighted by Crippen LogP contribution is -2.13. The van der Waals surface area contributed by atoms with Crippen molar-refractivity contribution in [3.8, 4) is 0 Å². The molecule has 0 atom stereocenters. The number of amides is 1. The largest absolute Gasteiger partial charge is 0.398 e. The van der Waals surface area contributed by atoms with Crippen LogP contribution in [0.3, 0.4) is 0 Å². The molecule has 0 bridgehead atoms. The maximum atomic E-state index is 11.9. The Labute approximate surface area is 116 Å². The average Bonchev–Trinajstić information content (AvgIpc) is 2.80. The molecule has 0 saturated carbocycles. The number of anilines is 2. The first-order valence-electron chi connectivity index (χ1n) is 4.94. The van der Waals surface area contributed by atoms with Crippen molar-refractivity contribution in [3.05, 3.63) is 45.1 Å². The number of nitro groups is 1. The van der Waals surface area contributed by atoms with Crippen LogP contribution in [0, 0.1) is 10.1 Å². The summed E-state index contributed by atoms with van der Waals surface area (Å²) in [6.07, 6.45) is 1.07. The Morgan fingerprint density at radius 1 is 1.53 bits per heavy atom. The van der Waals surface area contributed by atoms with Crippen LogP contribution in [0.25, 0.3) is 0 Å². The molecular formula is C10H7ClN4O3S. The second-order valence-corrected chi connectivity index (χ2v) is 4.89. The summed E-state index contributed by atoms with van der Waals surface area (Å²) < 4.78 is 0. The fraction of sp³-hybridized carbons (Fsp3) is 0. The van der Waals surface area contributed by atoms with Crippen LogP contribution >= 0.6 is 22.9 Å². The van der Waals surface area contributed by atoms with E-state index in [1.807, 2.05) is 0 Å². The summed E-state index contributed by atoms with van der Waals surface area (Å²) in [5, 5.41) is 13.3. The Morgan fingerprint density at radius 3 is 2.89 bits per heavy atom.